The minimum atomic E-state index is -4.20. The van der Waals surface area contributed by atoms with E-state index < -0.39 is 18.6 Å². The van der Waals surface area contributed by atoms with Gasteiger partial charge in [0.2, 0.25) is 0 Å². The quantitative estimate of drug-likeness (QED) is 0.325. The van der Waals surface area contributed by atoms with Crippen molar-refractivity contribution in [1.29, 1.82) is 0 Å². The number of carbonyl (C=O) groups excluding carboxylic acids is 1. The van der Waals surface area contributed by atoms with Gasteiger partial charge >= 0.3 is 12.1 Å². The van der Waals surface area contributed by atoms with Crippen LogP contribution in [0.5, 0.6) is 0 Å². The molecular weight excluding hydrogens is 366 g/mol. The first kappa shape index (κ1) is 19.6. The first-order valence-electron chi connectivity index (χ1n) is 4.97. The average Bonchev–Trinajstić information content (AvgIpc) is 2.25. The Morgan fingerprint density at radius 3 is 2.28 bits per heavy atom. The molecule has 0 fully saturated rings. The number of carbonyl (C=O) groups is 1. The maximum atomic E-state index is 11.9. The summed E-state index contributed by atoms with van der Waals surface area (Å²) in [5, 5.41) is 5.18. The molecule has 0 unspecified atom stereocenters. The number of hydrogen-bond acceptors (Lipinski definition) is 3. The number of hydrogen-bond donors (Lipinski definition) is 2. The van der Waals surface area contributed by atoms with Gasteiger partial charge in [-0.1, -0.05) is 0 Å². The first-order chi connectivity index (χ1) is 7.89. The van der Waals surface area contributed by atoms with Gasteiger partial charge in [0, 0.05) is 20.1 Å². The molecule has 0 aromatic rings. The van der Waals surface area contributed by atoms with Gasteiger partial charge in [0.1, 0.15) is 0 Å². The topological polar surface area (TPSA) is 62.7 Å². The summed E-state index contributed by atoms with van der Waals surface area (Å²) in [6, 6.07) is 0. The standard InChI is InChI=1S/C9H16F3N3O2.HI/c1-13-8(14-5-3-7(16)17-2)15-6-4-9(10,11)12;/h3-6H2,1-2H3,(H2,13,14,15);1H. The molecule has 0 heterocycles. The third-order valence-electron chi connectivity index (χ3n) is 1.77. The van der Waals surface area contributed by atoms with E-state index in [1.54, 1.807) is 0 Å². The fourth-order valence-corrected chi connectivity index (χ4v) is 0.928. The summed E-state index contributed by atoms with van der Waals surface area (Å²) in [6.45, 7) is -0.0141. The number of nitrogens with zero attached hydrogens (tertiary/aromatic N) is 1. The Bertz CT molecular complexity index is 272. The molecular formula is C9H17F3IN3O2. The number of esters is 1. The van der Waals surface area contributed by atoms with Gasteiger partial charge in [-0.3, -0.25) is 9.79 Å². The van der Waals surface area contributed by atoms with Crippen molar-refractivity contribution in [2.75, 3.05) is 27.2 Å². The Morgan fingerprint density at radius 1 is 1.28 bits per heavy atom. The number of halogens is 4. The van der Waals surface area contributed by atoms with Crippen molar-refractivity contribution in [3.8, 4) is 0 Å². The summed E-state index contributed by atoms with van der Waals surface area (Å²) < 4.78 is 40.0. The Hall–Kier alpha value is -0.740. The molecule has 0 rings (SSSR count). The van der Waals surface area contributed by atoms with E-state index in [1.165, 1.54) is 14.2 Å². The van der Waals surface area contributed by atoms with E-state index in [4.69, 9.17) is 0 Å². The SMILES string of the molecule is CN=C(NCCC(=O)OC)NCCC(F)(F)F.I. The number of methoxy groups -OCH3 is 1. The summed E-state index contributed by atoms with van der Waals surface area (Å²) in [7, 11) is 2.69. The molecule has 0 aliphatic heterocycles. The van der Waals surface area contributed by atoms with Crippen molar-refractivity contribution < 1.29 is 22.7 Å². The molecule has 0 atom stereocenters. The second kappa shape index (κ2) is 10.2. The van der Waals surface area contributed by atoms with Crippen molar-refractivity contribution in [3.63, 3.8) is 0 Å². The van der Waals surface area contributed by atoms with E-state index in [2.05, 4.69) is 20.4 Å². The monoisotopic (exact) mass is 383 g/mol. The van der Waals surface area contributed by atoms with Gasteiger partial charge in [0.05, 0.1) is 20.0 Å². The molecule has 0 amide bonds. The Balaban J connectivity index is 0. The summed E-state index contributed by atoms with van der Waals surface area (Å²) >= 11 is 0. The smallest absolute Gasteiger partial charge is 0.390 e. The zero-order chi connectivity index (χ0) is 13.3. The van der Waals surface area contributed by atoms with Crippen LogP contribution in [0.25, 0.3) is 0 Å². The second-order valence-electron chi connectivity index (χ2n) is 3.12. The molecule has 0 aromatic heterocycles. The minimum Gasteiger partial charge on any atom is -0.469 e. The predicted molar refractivity (Wildman–Crippen MR) is 72.1 cm³/mol. The number of alkyl halides is 3. The van der Waals surface area contributed by atoms with Crippen LogP contribution in [0.4, 0.5) is 13.2 Å². The molecule has 108 valence electrons. The highest BCUT2D eigenvalue weighted by Crippen LogP contribution is 2.17. The molecule has 0 spiro atoms. The number of rotatable bonds is 5. The fourth-order valence-electron chi connectivity index (χ4n) is 0.928. The van der Waals surface area contributed by atoms with Crippen LogP contribution in [0.1, 0.15) is 12.8 Å². The maximum absolute atomic E-state index is 11.9. The summed E-state index contributed by atoms with van der Waals surface area (Å²) in [6.07, 6.45) is -5.01. The van der Waals surface area contributed by atoms with Crippen LogP contribution in [0, 0.1) is 0 Å². The van der Waals surface area contributed by atoms with Crippen molar-refractivity contribution in [3.05, 3.63) is 0 Å². The molecule has 18 heavy (non-hydrogen) atoms. The minimum absolute atomic E-state index is 0. The normalized spacial score (nSPS) is 11.5. The van der Waals surface area contributed by atoms with Crippen molar-refractivity contribution in [1.82, 2.24) is 10.6 Å². The zero-order valence-electron chi connectivity index (χ0n) is 10.1. The van der Waals surface area contributed by atoms with Gasteiger partial charge in [0.25, 0.3) is 0 Å². The lowest BCUT2D eigenvalue weighted by Crippen LogP contribution is -2.39. The molecule has 9 heteroatoms. The Morgan fingerprint density at radius 2 is 1.83 bits per heavy atom. The lowest BCUT2D eigenvalue weighted by Gasteiger charge is -2.12. The van der Waals surface area contributed by atoms with E-state index in [0.717, 1.165) is 0 Å². The molecule has 0 aliphatic carbocycles. The van der Waals surface area contributed by atoms with E-state index in [-0.39, 0.29) is 49.4 Å². The fraction of sp³-hybridized carbons (Fsp3) is 0.778. The molecule has 0 aromatic carbocycles. The van der Waals surface area contributed by atoms with Crippen molar-refractivity contribution >= 4 is 35.9 Å². The van der Waals surface area contributed by atoms with Crippen LogP contribution in [0.3, 0.4) is 0 Å². The van der Waals surface area contributed by atoms with E-state index in [0.29, 0.717) is 0 Å². The number of aliphatic imine (C=N–C) groups is 1. The van der Waals surface area contributed by atoms with Gasteiger partial charge in [-0.15, -0.1) is 24.0 Å². The van der Waals surface area contributed by atoms with Gasteiger partial charge in [0.15, 0.2) is 5.96 Å². The van der Waals surface area contributed by atoms with E-state index in [9.17, 15) is 18.0 Å². The van der Waals surface area contributed by atoms with Crippen LogP contribution in [0.15, 0.2) is 4.99 Å². The van der Waals surface area contributed by atoms with Gasteiger partial charge in [-0.2, -0.15) is 13.2 Å². The number of guanidine groups is 1. The van der Waals surface area contributed by atoms with E-state index in [1.807, 2.05) is 0 Å². The van der Waals surface area contributed by atoms with Crippen LogP contribution < -0.4 is 10.6 Å². The summed E-state index contributed by atoms with van der Waals surface area (Å²) in [5.74, 6) is -0.179. The molecule has 5 nitrogen and oxygen atoms in total. The Kier molecular flexibility index (Phi) is 11.1. The average molecular weight is 383 g/mol. The lowest BCUT2D eigenvalue weighted by molar-refractivity contribution is -0.140. The highest BCUT2D eigenvalue weighted by Gasteiger charge is 2.26. The molecule has 0 radical (unpaired) electrons. The zero-order valence-corrected chi connectivity index (χ0v) is 12.5. The van der Waals surface area contributed by atoms with Crippen LogP contribution in [-0.2, 0) is 9.53 Å². The molecule has 0 bridgehead atoms. The maximum Gasteiger partial charge on any atom is 0.390 e. The van der Waals surface area contributed by atoms with E-state index >= 15 is 0 Å². The predicted octanol–water partition coefficient (Wildman–Crippen LogP) is 1.28. The third kappa shape index (κ3) is 11.7. The highest BCUT2D eigenvalue weighted by molar-refractivity contribution is 14.0. The lowest BCUT2D eigenvalue weighted by atomic mass is 10.4. The number of nitrogens with one attached hydrogen (secondary N) is 2. The number of ether oxygens (including phenoxy) is 1. The molecule has 2 N–H and O–H groups in total. The molecule has 0 saturated heterocycles. The largest absolute Gasteiger partial charge is 0.469 e. The van der Waals surface area contributed by atoms with Gasteiger partial charge in [-0.05, 0) is 0 Å². The third-order valence-corrected chi connectivity index (χ3v) is 1.77. The van der Waals surface area contributed by atoms with Crippen molar-refractivity contribution in [2.24, 2.45) is 4.99 Å². The summed E-state index contributed by atoms with van der Waals surface area (Å²) in [4.78, 5) is 14.5. The molecule has 0 saturated carbocycles. The van der Waals surface area contributed by atoms with Gasteiger partial charge < -0.3 is 15.4 Å². The summed E-state index contributed by atoms with van der Waals surface area (Å²) in [5.41, 5.74) is 0. The van der Waals surface area contributed by atoms with Crippen molar-refractivity contribution in [2.45, 2.75) is 19.0 Å². The van der Waals surface area contributed by atoms with Crippen LogP contribution in [-0.4, -0.2) is 45.4 Å². The Labute approximate surface area is 121 Å². The first-order valence-corrected chi connectivity index (χ1v) is 4.97. The second-order valence-corrected chi connectivity index (χ2v) is 3.12. The van der Waals surface area contributed by atoms with Crippen LogP contribution in [0.2, 0.25) is 0 Å². The highest BCUT2D eigenvalue weighted by atomic mass is 127. The molecule has 0 aliphatic rings. The van der Waals surface area contributed by atoms with Gasteiger partial charge in [-0.25, -0.2) is 0 Å². The van der Waals surface area contributed by atoms with Crippen LogP contribution >= 0.6 is 24.0 Å².